The zero-order valence-electron chi connectivity index (χ0n) is 15.7. The van der Waals surface area contributed by atoms with Crippen molar-refractivity contribution in [1.29, 1.82) is 0 Å². The molecule has 2 aromatic carbocycles. The summed E-state index contributed by atoms with van der Waals surface area (Å²) in [5.74, 6) is 0. The van der Waals surface area contributed by atoms with E-state index in [9.17, 15) is 4.79 Å². The zero-order valence-corrected chi connectivity index (χ0v) is 17.3. The predicted molar refractivity (Wildman–Crippen MR) is 111 cm³/mol. The molecule has 0 saturated carbocycles. The van der Waals surface area contributed by atoms with Crippen LogP contribution in [0.1, 0.15) is 48.9 Å². The van der Waals surface area contributed by atoms with Crippen LogP contribution in [-0.2, 0) is 18.4 Å². The van der Waals surface area contributed by atoms with Gasteiger partial charge < -0.3 is 5.32 Å². The van der Waals surface area contributed by atoms with Crippen molar-refractivity contribution in [3.05, 3.63) is 74.9 Å². The summed E-state index contributed by atoms with van der Waals surface area (Å²) in [5.41, 5.74) is 7.40. The molecule has 1 unspecified atom stereocenters. The van der Waals surface area contributed by atoms with E-state index in [0.29, 0.717) is 0 Å². The number of allylic oxidation sites excluding steroid dienone is 1. The van der Waals surface area contributed by atoms with Crippen molar-refractivity contribution in [2.24, 2.45) is 0 Å². The van der Waals surface area contributed by atoms with E-state index in [1.54, 1.807) is 0 Å². The summed E-state index contributed by atoms with van der Waals surface area (Å²) in [6.07, 6.45) is 3.81. The number of nitrogens with one attached hydrogen (secondary N) is 1. The van der Waals surface area contributed by atoms with Crippen LogP contribution < -0.4 is 5.32 Å². The minimum Gasteiger partial charge on any atom is -0.323 e. The van der Waals surface area contributed by atoms with E-state index in [4.69, 9.17) is 0 Å². The Kier molecular flexibility index (Phi) is 3.77. The first-order valence-electron chi connectivity index (χ1n) is 9.73. The van der Waals surface area contributed by atoms with Gasteiger partial charge in [0.15, 0.2) is 0 Å². The molecule has 2 aliphatic carbocycles. The van der Waals surface area contributed by atoms with Crippen molar-refractivity contribution in [2.75, 3.05) is 0 Å². The molecular formula is C23H23BrN2O. The summed E-state index contributed by atoms with van der Waals surface area (Å²) in [6.45, 7) is 4.22. The van der Waals surface area contributed by atoms with Gasteiger partial charge in [0.2, 0.25) is 0 Å². The van der Waals surface area contributed by atoms with Crippen LogP contribution >= 0.6 is 15.9 Å². The first-order valence-corrected chi connectivity index (χ1v) is 10.5. The number of hydrogen-bond acceptors (Lipinski definition) is 1. The average Bonchev–Trinajstić information content (AvgIpc) is 2.80. The number of fused-ring (bicyclic) bond motifs is 3. The number of carbonyl (C=O) groups is 1. The van der Waals surface area contributed by atoms with Gasteiger partial charge >= 0.3 is 6.03 Å². The fourth-order valence-electron chi connectivity index (χ4n) is 5.17. The molecule has 0 spiro atoms. The highest BCUT2D eigenvalue weighted by Crippen LogP contribution is 2.52. The van der Waals surface area contributed by atoms with Gasteiger partial charge in [0.25, 0.3) is 0 Å². The topological polar surface area (TPSA) is 32.3 Å². The molecule has 0 aromatic heterocycles. The van der Waals surface area contributed by atoms with Crippen molar-refractivity contribution in [3.8, 4) is 0 Å². The number of urea groups is 1. The number of nitrogens with zero attached hydrogens (tertiary/aromatic N) is 1. The summed E-state index contributed by atoms with van der Waals surface area (Å²) in [7, 11) is 0. The summed E-state index contributed by atoms with van der Waals surface area (Å²) in [6, 6.07) is 15.4. The third-order valence-corrected chi connectivity index (χ3v) is 6.77. The number of benzene rings is 2. The molecule has 3 aliphatic rings. The lowest BCUT2D eigenvalue weighted by molar-refractivity contribution is 0.214. The lowest BCUT2D eigenvalue weighted by Crippen LogP contribution is -2.40. The molecular weight excluding hydrogens is 400 g/mol. The van der Waals surface area contributed by atoms with Crippen LogP contribution in [0.4, 0.5) is 4.79 Å². The minimum absolute atomic E-state index is 0.0321. The number of rotatable bonds is 1. The van der Waals surface area contributed by atoms with Crippen LogP contribution in [-0.4, -0.2) is 17.0 Å². The quantitative estimate of drug-likeness (QED) is 0.656. The van der Waals surface area contributed by atoms with Crippen molar-refractivity contribution >= 4 is 27.5 Å². The van der Waals surface area contributed by atoms with E-state index in [1.165, 1.54) is 33.5 Å². The molecule has 2 amide bonds. The summed E-state index contributed by atoms with van der Waals surface area (Å²) in [4.78, 5) is 15.1. The third kappa shape index (κ3) is 2.35. The van der Waals surface area contributed by atoms with E-state index in [-0.39, 0.29) is 12.1 Å². The van der Waals surface area contributed by atoms with Gasteiger partial charge in [0, 0.05) is 10.5 Å². The van der Waals surface area contributed by atoms with Crippen LogP contribution in [0.25, 0.3) is 5.57 Å². The molecule has 3 nitrogen and oxygen atoms in total. The van der Waals surface area contributed by atoms with Crippen LogP contribution in [0.3, 0.4) is 0 Å². The lowest BCUT2D eigenvalue weighted by atomic mass is 9.81. The second kappa shape index (κ2) is 5.96. The second-order valence-electron chi connectivity index (χ2n) is 8.09. The molecule has 1 aliphatic heterocycles. The highest BCUT2D eigenvalue weighted by atomic mass is 79.9. The van der Waals surface area contributed by atoms with Crippen LogP contribution in [0.2, 0.25) is 0 Å². The molecule has 0 radical (unpaired) electrons. The van der Waals surface area contributed by atoms with Gasteiger partial charge in [-0.1, -0.05) is 46.3 Å². The first-order chi connectivity index (χ1) is 13.0. The lowest BCUT2D eigenvalue weighted by Gasteiger charge is -2.33. The van der Waals surface area contributed by atoms with E-state index in [2.05, 4.69) is 77.6 Å². The summed E-state index contributed by atoms with van der Waals surface area (Å²) in [5, 5.41) is 3.44. The number of halogens is 1. The first kappa shape index (κ1) is 17.1. The Morgan fingerprint density at radius 3 is 2.70 bits per heavy atom. The molecule has 1 heterocycles. The molecule has 1 atom stereocenters. The fourth-order valence-corrected chi connectivity index (χ4v) is 5.54. The Morgan fingerprint density at radius 2 is 1.89 bits per heavy atom. The number of hydrogen-bond donors (Lipinski definition) is 1. The summed E-state index contributed by atoms with van der Waals surface area (Å²) < 4.78 is 1.07. The molecule has 1 fully saturated rings. The number of carbonyl (C=O) groups excluding carboxylic acids is 1. The normalized spacial score (nSPS) is 23.4. The molecule has 2 aromatic rings. The molecule has 4 heteroatoms. The SMILES string of the molecule is CC(C)N1C(=O)NC23CCc4ccccc4C(=C12)CCc1ccc(Br)cc13. The maximum Gasteiger partial charge on any atom is 0.322 e. The Hall–Kier alpha value is -2.07. The Balaban J connectivity index is 1.87. The van der Waals surface area contributed by atoms with E-state index in [0.717, 1.165) is 30.2 Å². The maximum atomic E-state index is 13.1. The van der Waals surface area contributed by atoms with E-state index in [1.807, 2.05) is 4.90 Å². The van der Waals surface area contributed by atoms with Crippen LogP contribution in [0.5, 0.6) is 0 Å². The highest BCUT2D eigenvalue weighted by Gasteiger charge is 2.53. The average molecular weight is 423 g/mol. The van der Waals surface area contributed by atoms with Gasteiger partial charge in [-0.15, -0.1) is 0 Å². The molecule has 1 saturated heterocycles. The maximum absolute atomic E-state index is 13.1. The fraction of sp³-hybridized carbons (Fsp3) is 0.348. The van der Waals surface area contributed by atoms with Gasteiger partial charge in [-0.05, 0) is 79.5 Å². The monoisotopic (exact) mass is 422 g/mol. The van der Waals surface area contributed by atoms with Crippen molar-refractivity contribution in [1.82, 2.24) is 10.2 Å². The third-order valence-electron chi connectivity index (χ3n) is 6.27. The highest BCUT2D eigenvalue weighted by molar-refractivity contribution is 9.10. The number of amides is 2. The standard InChI is InChI=1S/C23H23BrN2O/c1-14(2)26-21-19-10-8-16-7-9-17(24)13-20(16)23(21,25-22(26)27)12-11-15-5-3-4-6-18(15)19/h3-7,9,13-14H,8,10-12H2,1-2H3,(H,25,27). The minimum atomic E-state index is -0.439. The van der Waals surface area contributed by atoms with E-state index < -0.39 is 5.54 Å². The Labute approximate surface area is 168 Å². The largest absolute Gasteiger partial charge is 0.323 e. The molecule has 5 rings (SSSR count). The Bertz CT molecular complexity index is 994. The molecule has 2 bridgehead atoms. The van der Waals surface area contributed by atoms with Gasteiger partial charge in [0.1, 0.15) is 5.54 Å². The van der Waals surface area contributed by atoms with Crippen molar-refractivity contribution in [2.45, 2.75) is 51.1 Å². The number of aryl methyl sites for hydroxylation is 2. The van der Waals surface area contributed by atoms with Crippen molar-refractivity contribution in [3.63, 3.8) is 0 Å². The molecule has 27 heavy (non-hydrogen) atoms. The van der Waals surface area contributed by atoms with Crippen molar-refractivity contribution < 1.29 is 4.79 Å². The van der Waals surface area contributed by atoms with Crippen LogP contribution in [0.15, 0.2) is 52.6 Å². The predicted octanol–water partition coefficient (Wildman–Crippen LogP) is 5.38. The van der Waals surface area contributed by atoms with Gasteiger partial charge in [-0.2, -0.15) is 0 Å². The van der Waals surface area contributed by atoms with E-state index >= 15 is 0 Å². The second-order valence-corrected chi connectivity index (χ2v) is 9.00. The van der Waals surface area contributed by atoms with Gasteiger partial charge in [0.05, 0.1) is 5.70 Å². The zero-order chi connectivity index (χ0) is 18.8. The molecule has 138 valence electrons. The summed E-state index contributed by atoms with van der Waals surface area (Å²) >= 11 is 3.66. The van der Waals surface area contributed by atoms with Gasteiger partial charge in [-0.3, -0.25) is 4.90 Å². The molecule has 1 N–H and O–H groups in total. The Morgan fingerprint density at radius 1 is 1.07 bits per heavy atom. The van der Waals surface area contributed by atoms with Gasteiger partial charge in [-0.25, -0.2) is 4.79 Å². The smallest absolute Gasteiger partial charge is 0.322 e. The van der Waals surface area contributed by atoms with Crippen LogP contribution in [0, 0.1) is 0 Å².